The summed E-state index contributed by atoms with van der Waals surface area (Å²) >= 11 is 0. The summed E-state index contributed by atoms with van der Waals surface area (Å²) in [6, 6.07) is -0.549. The van der Waals surface area contributed by atoms with Gasteiger partial charge in [0.2, 0.25) is 17.7 Å². The lowest BCUT2D eigenvalue weighted by molar-refractivity contribution is -0.137. The number of imide groups is 1. The van der Waals surface area contributed by atoms with Crippen molar-refractivity contribution in [2.24, 2.45) is 5.73 Å². The number of nitrogens with zero attached hydrogens (tertiary/aromatic N) is 1. The highest BCUT2D eigenvalue weighted by molar-refractivity contribution is 6.05. The Morgan fingerprint density at radius 1 is 1.56 bits per heavy atom. The molecule has 3 amide bonds. The maximum Gasteiger partial charge on any atom is 0.246 e. The molecular formula is C10H17N3O3. The van der Waals surface area contributed by atoms with Gasteiger partial charge in [-0.05, 0) is 13.8 Å². The van der Waals surface area contributed by atoms with Crippen molar-refractivity contribution in [3.05, 3.63) is 0 Å². The van der Waals surface area contributed by atoms with Crippen LogP contribution in [0.15, 0.2) is 0 Å². The molecule has 1 aliphatic heterocycles. The van der Waals surface area contributed by atoms with Gasteiger partial charge in [0.25, 0.3) is 0 Å². The molecule has 0 aliphatic carbocycles. The summed E-state index contributed by atoms with van der Waals surface area (Å²) in [5.74, 6) is -0.914. The summed E-state index contributed by atoms with van der Waals surface area (Å²) in [4.78, 5) is 34.8. The lowest BCUT2D eigenvalue weighted by Crippen LogP contribution is -2.50. The second-order valence-corrected chi connectivity index (χ2v) is 4.72. The van der Waals surface area contributed by atoms with Crippen LogP contribution < -0.4 is 11.1 Å². The average molecular weight is 227 g/mol. The molecule has 0 aromatic rings. The fourth-order valence-corrected chi connectivity index (χ4v) is 1.83. The van der Waals surface area contributed by atoms with Crippen LogP contribution in [0.3, 0.4) is 0 Å². The Kier molecular flexibility index (Phi) is 3.32. The molecule has 6 nitrogen and oxygen atoms in total. The predicted octanol–water partition coefficient (Wildman–Crippen LogP) is -1.01. The van der Waals surface area contributed by atoms with E-state index in [0.29, 0.717) is 0 Å². The largest absolute Gasteiger partial charge is 0.370 e. The SMILES string of the molecule is CN1C(=O)CC(NC(C)(C)CC(N)=O)C1=O. The molecule has 0 aromatic heterocycles. The molecule has 1 fully saturated rings. The number of hydrogen-bond donors (Lipinski definition) is 2. The lowest BCUT2D eigenvalue weighted by atomic mass is 9.98. The van der Waals surface area contributed by atoms with Crippen LogP contribution in [0.4, 0.5) is 0 Å². The van der Waals surface area contributed by atoms with Crippen LogP contribution >= 0.6 is 0 Å². The van der Waals surface area contributed by atoms with E-state index in [4.69, 9.17) is 5.73 Å². The zero-order valence-corrected chi connectivity index (χ0v) is 9.74. The lowest BCUT2D eigenvalue weighted by Gasteiger charge is -2.27. The maximum absolute atomic E-state index is 11.6. The quantitative estimate of drug-likeness (QED) is 0.602. The Hall–Kier alpha value is -1.43. The molecule has 1 saturated heterocycles. The number of likely N-dealkylation sites (N-methyl/N-ethyl adjacent to an activating group) is 1. The minimum atomic E-state index is -0.586. The van der Waals surface area contributed by atoms with Gasteiger partial charge in [-0.3, -0.25) is 24.6 Å². The van der Waals surface area contributed by atoms with Crippen LogP contribution in [0.25, 0.3) is 0 Å². The Balaban J connectivity index is 2.65. The summed E-state index contributed by atoms with van der Waals surface area (Å²) in [6.45, 7) is 3.54. The average Bonchev–Trinajstić information content (AvgIpc) is 2.30. The number of likely N-dealkylation sites (tertiary alicyclic amines) is 1. The fourth-order valence-electron chi connectivity index (χ4n) is 1.83. The highest BCUT2D eigenvalue weighted by Crippen LogP contribution is 2.16. The highest BCUT2D eigenvalue weighted by atomic mass is 16.2. The van der Waals surface area contributed by atoms with Gasteiger partial charge in [0, 0.05) is 19.0 Å². The molecule has 0 radical (unpaired) electrons. The number of rotatable bonds is 4. The number of nitrogens with one attached hydrogen (secondary N) is 1. The van der Waals surface area contributed by atoms with Crippen molar-refractivity contribution in [2.75, 3.05) is 7.05 Å². The van der Waals surface area contributed by atoms with Gasteiger partial charge in [0.1, 0.15) is 0 Å². The van der Waals surface area contributed by atoms with Crippen LogP contribution in [0, 0.1) is 0 Å². The summed E-state index contributed by atoms with van der Waals surface area (Å²) < 4.78 is 0. The molecule has 0 bridgehead atoms. The third-order valence-electron chi connectivity index (χ3n) is 2.56. The van der Waals surface area contributed by atoms with Crippen molar-refractivity contribution in [3.8, 4) is 0 Å². The van der Waals surface area contributed by atoms with Crippen LogP contribution in [-0.2, 0) is 14.4 Å². The second kappa shape index (κ2) is 4.21. The number of carbonyl (C=O) groups is 3. The normalized spacial score (nSPS) is 21.7. The molecule has 1 unspecified atom stereocenters. The van der Waals surface area contributed by atoms with E-state index in [1.165, 1.54) is 7.05 Å². The molecule has 3 N–H and O–H groups in total. The Morgan fingerprint density at radius 3 is 2.50 bits per heavy atom. The summed E-state index contributed by atoms with van der Waals surface area (Å²) in [6.07, 6.45) is 0.256. The van der Waals surface area contributed by atoms with E-state index in [-0.39, 0.29) is 24.7 Å². The maximum atomic E-state index is 11.6. The zero-order chi connectivity index (χ0) is 12.5. The molecule has 0 saturated carbocycles. The number of hydrogen-bond acceptors (Lipinski definition) is 4. The first kappa shape index (κ1) is 12.6. The van der Waals surface area contributed by atoms with Crippen LogP contribution in [0.1, 0.15) is 26.7 Å². The topological polar surface area (TPSA) is 92.5 Å². The van der Waals surface area contributed by atoms with Crippen molar-refractivity contribution in [3.63, 3.8) is 0 Å². The van der Waals surface area contributed by atoms with Gasteiger partial charge < -0.3 is 5.73 Å². The second-order valence-electron chi connectivity index (χ2n) is 4.72. The standard InChI is InChI=1S/C10H17N3O3/c1-10(2,5-7(11)14)12-6-4-8(15)13(3)9(6)16/h6,12H,4-5H2,1-3H3,(H2,11,14). The molecular weight excluding hydrogens is 210 g/mol. The summed E-state index contributed by atoms with van der Waals surface area (Å²) in [5.41, 5.74) is 4.52. The minimum Gasteiger partial charge on any atom is -0.370 e. The number of nitrogens with two attached hydrogens (primary N) is 1. The van der Waals surface area contributed by atoms with Crippen molar-refractivity contribution in [1.82, 2.24) is 10.2 Å². The Bertz CT molecular complexity index is 338. The first-order valence-corrected chi connectivity index (χ1v) is 5.09. The monoisotopic (exact) mass is 227 g/mol. The number of primary amides is 1. The van der Waals surface area contributed by atoms with Crippen molar-refractivity contribution >= 4 is 17.7 Å². The molecule has 6 heteroatoms. The smallest absolute Gasteiger partial charge is 0.246 e. The Labute approximate surface area is 94.2 Å². The van der Waals surface area contributed by atoms with Gasteiger partial charge in [-0.2, -0.15) is 0 Å². The van der Waals surface area contributed by atoms with Gasteiger partial charge in [-0.1, -0.05) is 0 Å². The van der Waals surface area contributed by atoms with E-state index >= 15 is 0 Å². The van der Waals surface area contributed by atoms with Crippen LogP contribution in [-0.4, -0.2) is 41.2 Å². The fraction of sp³-hybridized carbons (Fsp3) is 0.700. The third kappa shape index (κ3) is 2.79. The molecule has 1 aliphatic rings. The summed E-state index contributed by atoms with van der Waals surface area (Å²) in [5, 5.41) is 2.98. The van der Waals surface area contributed by atoms with Gasteiger partial charge in [-0.15, -0.1) is 0 Å². The predicted molar refractivity (Wildman–Crippen MR) is 57.2 cm³/mol. The van der Waals surface area contributed by atoms with Crippen LogP contribution in [0.2, 0.25) is 0 Å². The van der Waals surface area contributed by atoms with Gasteiger partial charge in [0.15, 0.2) is 0 Å². The van der Waals surface area contributed by atoms with Crippen molar-refractivity contribution in [2.45, 2.75) is 38.3 Å². The molecule has 1 heterocycles. The van der Waals surface area contributed by atoms with Gasteiger partial charge in [0.05, 0.1) is 12.5 Å². The number of amides is 3. The van der Waals surface area contributed by atoms with Crippen molar-refractivity contribution in [1.29, 1.82) is 0 Å². The zero-order valence-electron chi connectivity index (χ0n) is 9.74. The summed E-state index contributed by atoms with van der Waals surface area (Å²) in [7, 11) is 1.45. The van der Waals surface area contributed by atoms with E-state index in [1.54, 1.807) is 13.8 Å². The molecule has 0 aromatic carbocycles. The molecule has 16 heavy (non-hydrogen) atoms. The number of carbonyl (C=O) groups excluding carboxylic acids is 3. The molecule has 1 rings (SSSR count). The first-order valence-electron chi connectivity index (χ1n) is 5.09. The minimum absolute atomic E-state index is 0.120. The first-order chi connectivity index (χ1) is 7.23. The molecule has 1 atom stereocenters. The van der Waals surface area contributed by atoms with E-state index in [2.05, 4.69) is 5.32 Å². The van der Waals surface area contributed by atoms with E-state index < -0.39 is 17.5 Å². The Morgan fingerprint density at radius 2 is 2.12 bits per heavy atom. The molecule has 0 spiro atoms. The highest BCUT2D eigenvalue weighted by Gasteiger charge is 2.38. The van der Waals surface area contributed by atoms with Gasteiger partial charge in [-0.25, -0.2) is 0 Å². The van der Waals surface area contributed by atoms with Crippen LogP contribution in [0.5, 0.6) is 0 Å². The third-order valence-corrected chi connectivity index (χ3v) is 2.56. The van der Waals surface area contributed by atoms with E-state index in [9.17, 15) is 14.4 Å². The van der Waals surface area contributed by atoms with Crippen molar-refractivity contribution < 1.29 is 14.4 Å². The molecule has 90 valence electrons. The van der Waals surface area contributed by atoms with E-state index in [0.717, 1.165) is 4.90 Å². The van der Waals surface area contributed by atoms with Gasteiger partial charge >= 0.3 is 0 Å². The van der Waals surface area contributed by atoms with E-state index in [1.807, 2.05) is 0 Å².